The Hall–Kier alpha value is -2.45. The van der Waals surface area contributed by atoms with Gasteiger partial charge in [-0.3, -0.25) is 14.4 Å². The quantitative estimate of drug-likeness (QED) is 0.629. The molecule has 1 N–H and O–H groups in total. The third kappa shape index (κ3) is 3.35. The van der Waals surface area contributed by atoms with Gasteiger partial charge in [-0.25, -0.2) is 0 Å². The van der Waals surface area contributed by atoms with Crippen LogP contribution in [0.1, 0.15) is 17.2 Å². The van der Waals surface area contributed by atoms with E-state index in [1.807, 2.05) is 6.92 Å². The number of hydrogen-bond donors (Lipinski definition) is 1. The van der Waals surface area contributed by atoms with Crippen LogP contribution in [-0.4, -0.2) is 55.5 Å². The molecule has 0 unspecified atom stereocenters. The van der Waals surface area contributed by atoms with E-state index < -0.39 is 41.8 Å². The van der Waals surface area contributed by atoms with E-state index in [0.717, 1.165) is 19.8 Å². The van der Waals surface area contributed by atoms with Crippen LogP contribution in [0.2, 0.25) is 0 Å². The maximum absolute atomic E-state index is 12.4. The van der Waals surface area contributed by atoms with Gasteiger partial charge in [-0.2, -0.15) is 5.06 Å². The highest BCUT2D eigenvalue weighted by atomic mass is 16.6. The van der Waals surface area contributed by atoms with Gasteiger partial charge in [0.25, 0.3) is 0 Å². The largest absolute Gasteiger partial charge is 0.469 e. The summed E-state index contributed by atoms with van der Waals surface area (Å²) in [6.45, 7) is 1.89. The first kappa shape index (κ1) is 18.9. The fraction of sp³-hybridized carbons (Fsp3) is 0.471. The summed E-state index contributed by atoms with van der Waals surface area (Å²) in [5, 5.41) is 11.3. The highest BCUT2D eigenvalue weighted by Gasteiger charge is 2.60. The van der Waals surface area contributed by atoms with E-state index in [2.05, 4.69) is 0 Å². The molecule has 8 heteroatoms. The topological polar surface area (TPSA) is 102 Å². The van der Waals surface area contributed by atoms with Crippen LogP contribution < -0.4 is 0 Å². The van der Waals surface area contributed by atoms with Crippen molar-refractivity contribution in [2.24, 2.45) is 11.8 Å². The third-order valence-corrected chi connectivity index (χ3v) is 4.45. The maximum atomic E-state index is 12.4. The molecule has 1 saturated heterocycles. The van der Waals surface area contributed by atoms with Crippen LogP contribution in [0, 0.1) is 18.8 Å². The Labute approximate surface area is 145 Å². The predicted octanol–water partition coefficient (Wildman–Crippen LogP) is 0.861. The number of carbonyl (C=O) groups is 3. The van der Waals surface area contributed by atoms with E-state index in [1.165, 1.54) is 7.11 Å². The molecule has 0 spiro atoms. The first-order valence-electron chi connectivity index (χ1n) is 7.64. The summed E-state index contributed by atoms with van der Waals surface area (Å²) in [5.41, 5.74) is 1.54. The van der Waals surface area contributed by atoms with Crippen molar-refractivity contribution in [3.63, 3.8) is 0 Å². The highest BCUT2D eigenvalue weighted by Crippen LogP contribution is 2.45. The second-order valence-electron chi connectivity index (χ2n) is 5.80. The molecule has 1 aromatic carbocycles. The van der Waals surface area contributed by atoms with Gasteiger partial charge in [-0.1, -0.05) is 29.8 Å². The lowest BCUT2D eigenvalue weighted by Gasteiger charge is -2.24. The lowest BCUT2D eigenvalue weighted by molar-refractivity contribution is -0.181. The average molecular weight is 351 g/mol. The minimum absolute atomic E-state index is 0.559. The van der Waals surface area contributed by atoms with E-state index >= 15 is 0 Å². The molecule has 136 valence electrons. The molecule has 25 heavy (non-hydrogen) atoms. The molecule has 0 amide bonds. The third-order valence-electron chi connectivity index (χ3n) is 4.45. The number of ether oxygens (including phenoxy) is 3. The van der Waals surface area contributed by atoms with Crippen molar-refractivity contribution >= 4 is 17.9 Å². The molecular formula is C17H21NO7. The molecule has 1 aliphatic heterocycles. The van der Waals surface area contributed by atoms with Crippen LogP contribution in [0.3, 0.4) is 0 Å². The number of rotatable bonds is 4. The Morgan fingerprint density at radius 2 is 1.36 bits per heavy atom. The smallest absolute Gasteiger partial charge is 0.326 e. The van der Waals surface area contributed by atoms with Gasteiger partial charge in [0.1, 0.15) is 12.0 Å². The van der Waals surface area contributed by atoms with Crippen LogP contribution in [-0.2, 0) is 28.6 Å². The second kappa shape index (κ2) is 7.62. The molecular weight excluding hydrogens is 330 g/mol. The number of carbonyl (C=O) groups excluding carboxylic acids is 3. The van der Waals surface area contributed by atoms with E-state index in [1.54, 1.807) is 24.3 Å². The zero-order chi connectivity index (χ0) is 18.7. The molecule has 0 saturated carbocycles. The van der Waals surface area contributed by atoms with Gasteiger partial charge in [-0.05, 0) is 12.5 Å². The van der Waals surface area contributed by atoms with Crippen molar-refractivity contribution < 1.29 is 33.8 Å². The SMILES string of the molecule is COC(=O)[C@@H]1[C@H](C(=O)OC)[C@@H](c2ccc(C)cc2)N(O)[C@@H]1C(=O)OC. The molecule has 1 aromatic rings. The lowest BCUT2D eigenvalue weighted by atomic mass is 9.84. The molecule has 8 nitrogen and oxygen atoms in total. The van der Waals surface area contributed by atoms with Crippen molar-refractivity contribution in [3.8, 4) is 0 Å². The fourth-order valence-electron chi connectivity index (χ4n) is 3.22. The Kier molecular flexibility index (Phi) is 5.76. The van der Waals surface area contributed by atoms with Crippen LogP contribution in [0.25, 0.3) is 0 Å². The average Bonchev–Trinajstić information content (AvgIpc) is 2.93. The summed E-state index contributed by atoms with van der Waals surface area (Å²) < 4.78 is 14.2. The molecule has 0 bridgehead atoms. The van der Waals surface area contributed by atoms with Gasteiger partial charge in [0, 0.05) is 0 Å². The minimum Gasteiger partial charge on any atom is -0.469 e. The van der Waals surface area contributed by atoms with Crippen LogP contribution in [0.5, 0.6) is 0 Å². The highest BCUT2D eigenvalue weighted by molar-refractivity contribution is 5.90. The summed E-state index contributed by atoms with van der Waals surface area (Å²) in [5.74, 6) is -4.78. The zero-order valence-electron chi connectivity index (χ0n) is 14.5. The molecule has 0 aromatic heterocycles. The first-order chi connectivity index (χ1) is 11.9. The predicted molar refractivity (Wildman–Crippen MR) is 84.4 cm³/mol. The van der Waals surface area contributed by atoms with Crippen LogP contribution >= 0.6 is 0 Å². The van der Waals surface area contributed by atoms with E-state index in [4.69, 9.17) is 14.2 Å². The Morgan fingerprint density at radius 1 is 0.880 bits per heavy atom. The van der Waals surface area contributed by atoms with Gasteiger partial charge in [0.2, 0.25) is 0 Å². The first-order valence-corrected chi connectivity index (χ1v) is 7.64. The van der Waals surface area contributed by atoms with E-state index in [-0.39, 0.29) is 0 Å². The number of aryl methyl sites for hydroxylation is 1. The number of nitrogens with zero attached hydrogens (tertiary/aromatic N) is 1. The van der Waals surface area contributed by atoms with Gasteiger partial charge in [0.15, 0.2) is 0 Å². The molecule has 1 fully saturated rings. The molecule has 1 aliphatic rings. The summed E-state index contributed by atoms with van der Waals surface area (Å²) in [6, 6.07) is 4.70. The van der Waals surface area contributed by atoms with Gasteiger partial charge >= 0.3 is 17.9 Å². The molecule has 0 aliphatic carbocycles. The summed E-state index contributed by atoms with van der Waals surface area (Å²) in [7, 11) is 3.46. The monoisotopic (exact) mass is 351 g/mol. The van der Waals surface area contributed by atoms with Gasteiger partial charge in [0.05, 0.1) is 33.3 Å². The molecule has 0 radical (unpaired) electrons. The van der Waals surface area contributed by atoms with Crippen LogP contribution in [0.15, 0.2) is 24.3 Å². The molecule has 4 atom stereocenters. The van der Waals surface area contributed by atoms with E-state index in [0.29, 0.717) is 10.6 Å². The number of methoxy groups -OCH3 is 3. The van der Waals surface area contributed by atoms with Crippen molar-refractivity contribution in [1.82, 2.24) is 5.06 Å². The van der Waals surface area contributed by atoms with Gasteiger partial charge < -0.3 is 19.4 Å². The number of hydroxylamine groups is 2. The summed E-state index contributed by atoms with van der Waals surface area (Å²) >= 11 is 0. The van der Waals surface area contributed by atoms with E-state index in [9.17, 15) is 19.6 Å². The van der Waals surface area contributed by atoms with Gasteiger partial charge in [-0.15, -0.1) is 0 Å². The lowest BCUT2D eigenvalue weighted by Crippen LogP contribution is -2.43. The Morgan fingerprint density at radius 3 is 1.84 bits per heavy atom. The number of esters is 3. The van der Waals surface area contributed by atoms with Crippen molar-refractivity contribution in [2.45, 2.75) is 19.0 Å². The number of hydrogen-bond acceptors (Lipinski definition) is 8. The van der Waals surface area contributed by atoms with Crippen molar-refractivity contribution in [2.75, 3.05) is 21.3 Å². The fourth-order valence-corrected chi connectivity index (χ4v) is 3.22. The number of benzene rings is 1. The van der Waals surface area contributed by atoms with Crippen molar-refractivity contribution in [1.29, 1.82) is 0 Å². The second-order valence-corrected chi connectivity index (χ2v) is 5.80. The standard InChI is InChI=1S/C17H21NO7/c1-9-5-7-10(8-6-9)13-11(15(19)23-2)12(16(20)24-3)14(18(13)22)17(21)25-4/h5-8,11-14,22H,1-4H3/t11-,12+,13+,14-/m0/s1. The molecule has 2 rings (SSSR count). The molecule has 1 heterocycles. The minimum atomic E-state index is -1.38. The Bertz CT molecular complexity index is 657. The Balaban J connectivity index is 2.58. The summed E-state index contributed by atoms with van der Waals surface area (Å²) in [4.78, 5) is 36.8. The normalized spacial score (nSPS) is 26.1. The van der Waals surface area contributed by atoms with Crippen molar-refractivity contribution in [3.05, 3.63) is 35.4 Å². The van der Waals surface area contributed by atoms with Crippen LogP contribution in [0.4, 0.5) is 0 Å². The zero-order valence-corrected chi connectivity index (χ0v) is 14.5. The maximum Gasteiger partial charge on any atom is 0.326 e. The summed E-state index contributed by atoms with van der Waals surface area (Å²) in [6.07, 6.45) is 0.